The van der Waals surface area contributed by atoms with Crippen molar-refractivity contribution in [1.29, 1.82) is 0 Å². The van der Waals surface area contributed by atoms with E-state index in [2.05, 4.69) is 31.6 Å². The molecule has 0 bridgehead atoms. The van der Waals surface area contributed by atoms with E-state index in [1.54, 1.807) is 48.7 Å². The average Bonchev–Trinajstić information content (AvgIpc) is 2.80. The molecular weight excluding hydrogens is 447 g/mol. The smallest absolute Gasteiger partial charge is 0.406 e. The minimum atomic E-state index is -4.74. The summed E-state index contributed by atoms with van der Waals surface area (Å²) in [5.41, 5.74) is 8.29. The van der Waals surface area contributed by atoms with Crippen molar-refractivity contribution >= 4 is 23.1 Å². The zero-order valence-electron chi connectivity index (χ0n) is 17.8. The highest BCUT2D eigenvalue weighted by atomic mass is 19.4. The van der Waals surface area contributed by atoms with Gasteiger partial charge < -0.3 is 15.8 Å². The summed E-state index contributed by atoms with van der Waals surface area (Å²) < 4.78 is 40.6. The van der Waals surface area contributed by atoms with Crippen molar-refractivity contribution in [2.45, 2.75) is 12.8 Å². The first-order chi connectivity index (χ1) is 16.2. The van der Waals surface area contributed by atoms with Crippen LogP contribution in [0.5, 0.6) is 5.75 Å². The second kappa shape index (κ2) is 10.9. The van der Waals surface area contributed by atoms with Gasteiger partial charge >= 0.3 is 6.36 Å². The van der Waals surface area contributed by atoms with Crippen LogP contribution >= 0.6 is 0 Å². The van der Waals surface area contributed by atoms with Crippen LogP contribution in [-0.4, -0.2) is 27.9 Å². The van der Waals surface area contributed by atoms with Crippen molar-refractivity contribution in [2.24, 2.45) is 10.7 Å². The Bertz CT molecular complexity index is 1200. The van der Waals surface area contributed by atoms with E-state index in [1.165, 1.54) is 30.6 Å². The molecule has 0 saturated heterocycles. The third-order valence-electron chi connectivity index (χ3n) is 4.39. The van der Waals surface area contributed by atoms with Crippen molar-refractivity contribution < 1.29 is 22.7 Å². The standard InChI is InChI=1S/C24H20F3N5O2/c1-2-21(16-5-7-17(8-6-16)23(28)33)29-13-3-4-19-14-22(31-15-30-19)32-18-9-11-20(12-10-18)34-24(25,26)27/h2-3,5-15H,1,4H2,(H2,28,33)(H,30,31,32)/b13-3-,29-21?. The minimum Gasteiger partial charge on any atom is -0.406 e. The molecular formula is C24H20F3N5O2. The number of benzene rings is 2. The number of primary amides is 1. The van der Waals surface area contributed by atoms with E-state index in [4.69, 9.17) is 5.73 Å². The van der Waals surface area contributed by atoms with E-state index in [1.807, 2.05) is 0 Å². The molecule has 174 valence electrons. The van der Waals surface area contributed by atoms with E-state index in [-0.39, 0.29) is 5.75 Å². The number of anilines is 2. The maximum atomic E-state index is 12.3. The number of halogens is 3. The highest BCUT2D eigenvalue weighted by molar-refractivity contribution is 6.09. The van der Waals surface area contributed by atoms with Gasteiger partial charge in [0.2, 0.25) is 5.91 Å². The zero-order chi connectivity index (χ0) is 24.6. The van der Waals surface area contributed by atoms with E-state index in [9.17, 15) is 18.0 Å². The van der Waals surface area contributed by atoms with Crippen molar-refractivity contribution in [3.05, 3.63) is 103 Å². The molecule has 0 saturated carbocycles. The SMILES string of the molecule is C=CC(=N/C=C\Cc1cc(Nc2ccc(OC(F)(F)F)cc2)ncn1)c1ccc(C(N)=O)cc1. The first-order valence-electron chi connectivity index (χ1n) is 9.93. The normalized spacial score (nSPS) is 11.9. The van der Waals surface area contributed by atoms with Crippen LogP contribution in [0.1, 0.15) is 21.6 Å². The van der Waals surface area contributed by atoms with Gasteiger partial charge in [-0.3, -0.25) is 9.79 Å². The molecule has 0 aliphatic carbocycles. The van der Waals surface area contributed by atoms with Gasteiger partial charge in [-0.1, -0.05) is 24.8 Å². The number of amides is 1. The van der Waals surface area contributed by atoms with Crippen LogP contribution < -0.4 is 15.8 Å². The molecule has 7 nitrogen and oxygen atoms in total. The molecule has 0 aliphatic heterocycles. The van der Waals surface area contributed by atoms with Crippen LogP contribution in [-0.2, 0) is 6.42 Å². The third-order valence-corrected chi connectivity index (χ3v) is 4.39. The van der Waals surface area contributed by atoms with E-state index in [0.717, 1.165) is 5.56 Å². The number of hydrogen-bond acceptors (Lipinski definition) is 6. The molecule has 2 aromatic carbocycles. The predicted octanol–water partition coefficient (Wildman–Crippen LogP) is 4.95. The molecule has 0 unspecified atom stereocenters. The number of rotatable bonds is 9. The van der Waals surface area contributed by atoms with Gasteiger partial charge in [-0.05, 0) is 42.5 Å². The Kier molecular flexibility index (Phi) is 7.75. The topological polar surface area (TPSA) is 102 Å². The summed E-state index contributed by atoms with van der Waals surface area (Å²) in [5.74, 6) is -0.336. The Morgan fingerprint density at radius 3 is 2.38 bits per heavy atom. The molecule has 1 amide bonds. The fourth-order valence-electron chi connectivity index (χ4n) is 2.82. The van der Waals surface area contributed by atoms with Gasteiger partial charge in [-0.25, -0.2) is 9.97 Å². The lowest BCUT2D eigenvalue weighted by atomic mass is 10.1. The minimum absolute atomic E-state index is 0.310. The van der Waals surface area contributed by atoms with Crippen molar-refractivity contribution in [2.75, 3.05) is 5.32 Å². The summed E-state index contributed by atoms with van der Waals surface area (Å²) in [4.78, 5) is 23.9. The molecule has 1 heterocycles. The average molecular weight is 467 g/mol. The molecule has 3 aromatic rings. The van der Waals surface area contributed by atoms with E-state index in [0.29, 0.717) is 34.9 Å². The first kappa shape index (κ1) is 24.2. The highest BCUT2D eigenvalue weighted by Crippen LogP contribution is 2.25. The lowest BCUT2D eigenvalue weighted by Crippen LogP contribution is -2.16. The van der Waals surface area contributed by atoms with E-state index >= 15 is 0 Å². The van der Waals surface area contributed by atoms with Crippen LogP contribution in [0.4, 0.5) is 24.7 Å². The number of allylic oxidation sites excluding steroid dienone is 2. The lowest BCUT2D eigenvalue weighted by Gasteiger charge is -2.10. The summed E-state index contributed by atoms with van der Waals surface area (Å²) in [5, 5.41) is 3.00. The monoisotopic (exact) mass is 467 g/mol. The Balaban J connectivity index is 1.61. The Morgan fingerprint density at radius 2 is 1.76 bits per heavy atom. The number of aliphatic imine (C=N–C) groups is 1. The molecule has 3 N–H and O–H groups in total. The third kappa shape index (κ3) is 7.30. The summed E-state index contributed by atoms with van der Waals surface area (Å²) in [6.07, 6.45) is 2.12. The predicted molar refractivity (Wildman–Crippen MR) is 123 cm³/mol. The largest absolute Gasteiger partial charge is 0.573 e. The van der Waals surface area contributed by atoms with Crippen LogP contribution in [0.3, 0.4) is 0 Å². The number of nitrogens with zero attached hydrogens (tertiary/aromatic N) is 3. The van der Waals surface area contributed by atoms with E-state index < -0.39 is 12.3 Å². The molecule has 0 fully saturated rings. The molecule has 0 radical (unpaired) electrons. The Hall–Kier alpha value is -4.47. The van der Waals surface area contributed by atoms with Gasteiger partial charge in [0.05, 0.1) is 5.71 Å². The molecule has 0 atom stereocenters. The van der Waals surface area contributed by atoms with Crippen molar-refractivity contribution in [3.8, 4) is 5.75 Å². The zero-order valence-corrected chi connectivity index (χ0v) is 17.8. The van der Waals surface area contributed by atoms with Crippen LogP contribution in [0, 0.1) is 0 Å². The number of carbonyl (C=O) groups is 1. The maximum absolute atomic E-state index is 12.3. The molecule has 10 heteroatoms. The molecule has 34 heavy (non-hydrogen) atoms. The van der Waals surface area contributed by atoms with Crippen molar-refractivity contribution in [3.63, 3.8) is 0 Å². The first-order valence-corrected chi connectivity index (χ1v) is 9.93. The van der Waals surface area contributed by atoms with Crippen LogP contribution in [0.2, 0.25) is 0 Å². The molecule has 0 spiro atoms. The van der Waals surface area contributed by atoms with Crippen LogP contribution in [0.15, 0.2) is 90.8 Å². The maximum Gasteiger partial charge on any atom is 0.573 e. The van der Waals surface area contributed by atoms with Gasteiger partial charge in [0.15, 0.2) is 0 Å². The highest BCUT2D eigenvalue weighted by Gasteiger charge is 2.30. The van der Waals surface area contributed by atoms with Gasteiger partial charge in [-0.2, -0.15) is 0 Å². The second-order valence-corrected chi connectivity index (χ2v) is 6.84. The number of alkyl halides is 3. The summed E-state index contributed by atoms with van der Waals surface area (Å²) in [6, 6.07) is 13.7. The molecule has 3 rings (SSSR count). The van der Waals surface area contributed by atoms with Gasteiger partial charge in [-0.15, -0.1) is 13.2 Å². The number of nitrogens with one attached hydrogen (secondary N) is 1. The van der Waals surface area contributed by atoms with Crippen LogP contribution in [0.25, 0.3) is 0 Å². The number of nitrogens with two attached hydrogens (primary N) is 1. The quantitative estimate of drug-likeness (QED) is 0.434. The second-order valence-electron chi connectivity index (χ2n) is 6.84. The number of carbonyl (C=O) groups excluding carboxylic acids is 1. The number of ether oxygens (including phenoxy) is 1. The summed E-state index contributed by atoms with van der Waals surface area (Å²) >= 11 is 0. The van der Waals surface area contributed by atoms with Gasteiger partial charge in [0.25, 0.3) is 0 Å². The summed E-state index contributed by atoms with van der Waals surface area (Å²) in [6.45, 7) is 3.76. The number of hydrogen-bond donors (Lipinski definition) is 2. The fourth-order valence-corrected chi connectivity index (χ4v) is 2.82. The Labute approximate surface area is 193 Å². The molecule has 0 aliphatic rings. The fraction of sp³-hybridized carbons (Fsp3) is 0.0833. The van der Waals surface area contributed by atoms with Gasteiger partial charge in [0, 0.05) is 41.2 Å². The summed E-state index contributed by atoms with van der Waals surface area (Å²) in [7, 11) is 0. The number of aromatic nitrogens is 2. The van der Waals surface area contributed by atoms with Crippen molar-refractivity contribution in [1.82, 2.24) is 9.97 Å². The van der Waals surface area contributed by atoms with Gasteiger partial charge in [0.1, 0.15) is 17.9 Å². The lowest BCUT2D eigenvalue weighted by molar-refractivity contribution is -0.274. The Morgan fingerprint density at radius 1 is 1.09 bits per heavy atom. The molecule has 1 aromatic heterocycles.